The summed E-state index contributed by atoms with van der Waals surface area (Å²) in [5, 5.41) is 13.0. The zero-order valence-corrected chi connectivity index (χ0v) is 17.9. The second-order valence-corrected chi connectivity index (χ2v) is 7.82. The summed E-state index contributed by atoms with van der Waals surface area (Å²) in [5.41, 5.74) is 5.39. The predicted molar refractivity (Wildman–Crippen MR) is 129 cm³/mol. The summed E-state index contributed by atoms with van der Waals surface area (Å²) in [7, 11) is 0. The van der Waals surface area contributed by atoms with Gasteiger partial charge in [0.05, 0.1) is 5.69 Å². The molecule has 1 heterocycles. The first-order valence-electron chi connectivity index (χ1n) is 10.9. The van der Waals surface area contributed by atoms with E-state index in [1.807, 2.05) is 72.9 Å². The quantitative estimate of drug-likeness (QED) is 0.260. The number of anilines is 1. The SMILES string of the molecule is O=C(Nc1cc(-c2ccccc2)ccc1O)c1ccc(CCCCc2cccnc2)cc1. The number of phenols is 1. The molecule has 0 radical (unpaired) electrons. The van der Waals surface area contributed by atoms with Gasteiger partial charge in [0.1, 0.15) is 5.75 Å². The van der Waals surface area contributed by atoms with E-state index in [1.165, 1.54) is 11.1 Å². The summed E-state index contributed by atoms with van der Waals surface area (Å²) < 4.78 is 0. The van der Waals surface area contributed by atoms with Gasteiger partial charge < -0.3 is 10.4 Å². The molecular formula is C28H26N2O2. The van der Waals surface area contributed by atoms with Crippen LogP contribution in [0.5, 0.6) is 5.75 Å². The van der Waals surface area contributed by atoms with Crippen molar-refractivity contribution in [3.63, 3.8) is 0 Å². The maximum absolute atomic E-state index is 12.7. The number of benzene rings is 3. The fraction of sp³-hybridized carbons (Fsp3) is 0.143. The average Bonchev–Trinajstić information content (AvgIpc) is 2.85. The highest BCUT2D eigenvalue weighted by Crippen LogP contribution is 2.30. The standard InChI is InChI=1S/C28H26N2O2/c31-27-17-16-25(23-10-2-1-3-11-23)19-26(27)30-28(32)24-14-12-21(13-15-24)7-4-5-8-22-9-6-18-29-20-22/h1-3,6,9-20,31H,4-5,7-8H2,(H,30,32). The Kier molecular flexibility index (Phi) is 6.93. The maximum atomic E-state index is 12.7. The van der Waals surface area contributed by atoms with Gasteiger partial charge in [-0.1, -0.05) is 54.6 Å². The first kappa shape index (κ1) is 21.3. The molecule has 1 amide bonds. The highest BCUT2D eigenvalue weighted by Gasteiger charge is 2.10. The Morgan fingerprint density at radius 2 is 1.53 bits per heavy atom. The molecule has 0 aliphatic rings. The first-order chi connectivity index (χ1) is 15.7. The number of pyridine rings is 1. The minimum atomic E-state index is -0.242. The van der Waals surface area contributed by atoms with Crippen molar-refractivity contribution >= 4 is 11.6 Å². The van der Waals surface area contributed by atoms with E-state index in [0.29, 0.717) is 11.3 Å². The van der Waals surface area contributed by atoms with E-state index in [0.717, 1.165) is 36.8 Å². The molecule has 32 heavy (non-hydrogen) atoms. The third-order valence-electron chi connectivity index (χ3n) is 5.47. The lowest BCUT2D eigenvalue weighted by Gasteiger charge is -2.10. The van der Waals surface area contributed by atoms with Crippen molar-refractivity contribution in [2.45, 2.75) is 25.7 Å². The molecule has 0 spiro atoms. The molecule has 0 atom stereocenters. The van der Waals surface area contributed by atoms with Crippen LogP contribution in [0.4, 0.5) is 5.69 Å². The van der Waals surface area contributed by atoms with Crippen LogP contribution in [-0.2, 0) is 12.8 Å². The highest BCUT2D eigenvalue weighted by molar-refractivity contribution is 6.05. The van der Waals surface area contributed by atoms with E-state index in [1.54, 1.807) is 18.3 Å². The van der Waals surface area contributed by atoms with Crippen LogP contribution in [0.2, 0.25) is 0 Å². The zero-order chi connectivity index (χ0) is 22.2. The third kappa shape index (κ3) is 5.61. The number of aromatic nitrogens is 1. The van der Waals surface area contributed by atoms with Gasteiger partial charge in [-0.25, -0.2) is 0 Å². The molecule has 0 bridgehead atoms. The lowest BCUT2D eigenvalue weighted by Crippen LogP contribution is -2.12. The van der Waals surface area contributed by atoms with Gasteiger partial charge in [0.25, 0.3) is 5.91 Å². The van der Waals surface area contributed by atoms with Crippen LogP contribution in [0.25, 0.3) is 11.1 Å². The van der Waals surface area contributed by atoms with E-state index in [4.69, 9.17) is 0 Å². The van der Waals surface area contributed by atoms with E-state index >= 15 is 0 Å². The molecule has 0 saturated carbocycles. The third-order valence-corrected chi connectivity index (χ3v) is 5.47. The number of unbranched alkanes of at least 4 members (excludes halogenated alkanes) is 1. The molecule has 0 aliphatic carbocycles. The Balaban J connectivity index is 1.34. The molecule has 3 aromatic carbocycles. The van der Waals surface area contributed by atoms with Crippen LogP contribution in [0, 0.1) is 0 Å². The van der Waals surface area contributed by atoms with Crippen LogP contribution in [0.15, 0.2) is 97.3 Å². The number of amides is 1. The van der Waals surface area contributed by atoms with Crippen molar-refractivity contribution in [2.24, 2.45) is 0 Å². The summed E-state index contributed by atoms with van der Waals surface area (Å²) in [5.74, 6) is -0.197. The van der Waals surface area contributed by atoms with Gasteiger partial charge >= 0.3 is 0 Å². The molecule has 4 aromatic rings. The second-order valence-electron chi connectivity index (χ2n) is 7.82. The Morgan fingerprint density at radius 3 is 2.25 bits per heavy atom. The predicted octanol–water partition coefficient (Wildman–Crippen LogP) is 6.27. The summed E-state index contributed by atoms with van der Waals surface area (Å²) >= 11 is 0. The molecule has 0 saturated heterocycles. The van der Waals surface area contributed by atoms with Gasteiger partial charge in [0.15, 0.2) is 0 Å². The number of aromatic hydroxyl groups is 1. The number of aryl methyl sites for hydroxylation is 2. The van der Waals surface area contributed by atoms with Crippen LogP contribution in [0.3, 0.4) is 0 Å². The highest BCUT2D eigenvalue weighted by atomic mass is 16.3. The second kappa shape index (κ2) is 10.4. The van der Waals surface area contributed by atoms with E-state index in [2.05, 4.69) is 16.4 Å². The molecule has 0 aliphatic heterocycles. The fourth-order valence-electron chi connectivity index (χ4n) is 3.67. The molecule has 0 fully saturated rings. The van der Waals surface area contributed by atoms with Crippen LogP contribution in [-0.4, -0.2) is 16.0 Å². The zero-order valence-electron chi connectivity index (χ0n) is 17.9. The number of carbonyl (C=O) groups is 1. The lowest BCUT2D eigenvalue weighted by atomic mass is 10.0. The number of hydrogen-bond donors (Lipinski definition) is 2. The molecule has 160 valence electrons. The Hall–Kier alpha value is -3.92. The Morgan fingerprint density at radius 1 is 0.781 bits per heavy atom. The molecule has 4 heteroatoms. The maximum Gasteiger partial charge on any atom is 0.255 e. The number of nitrogens with one attached hydrogen (secondary N) is 1. The van der Waals surface area contributed by atoms with E-state index in [-0.39, 0.29) is 11.7 Å². The molecule has 2 N–H and O–H groups in total. The number of phenolic OH excluding ortho intramolecular Hbond substituents is 1. The largest absolute Gasteiger partial charge is 0.506 e. The van der Waals surface area contributed by atoms with E-state index in [9.17, 15) is 9.90 Å². The molecule has 0 unspecified atom stereocenters. The first-order valence-corrected chi connectivity index (χ1v) is 10.9. The topological polar surface area (TPSA) is 62.2 Å². The normalized spacial score (nSPS) is 10.6. The summed E-state index contributed by atoms with van der Waals surface area (Å²) in [6.07, 6.45) is 7.90. The molecule has 4 rings (SSSR count). The summed E-state index contributed by atoms with van der Waals surface area (Å²) in [6, 6.07) is 26.8. The molecular weight excluding hydrogens is 396 g/mol. The van der Waals surface area contributed by atoms with Crippen molar-refractivity contribution < 1.29 is 9.90 Å². The Labute approximate surface area is 188 Å². The fourth-order valence-corrected chi connectivity index (χ4v) is 3.67. The Bertz CT molecular complexity index is 1160. The van der Waals surface area contributed by atoms with Gasteiger partial charge in [-0.2, -0.15) is 0 Å². The van der Waals surface area contributed by atoms with Gasteiger partial charge in [0.2, 0.25) is 0 Å². The van der Waals surface area contributed by atoms with Crippen molar-refractivity contribution in [2.75, 3.05) is 5.32 Å². The van der Waals surface area contributed by atoms with E-state index < -0.39 is 0 Å². The number of nitrogens with zero attached hydrogens (tertiary/aromatic N) is 1. The van der Waals surface area contributed by atoms with Crippen molar-refractivity contribution in [3.8, 4) is 16.9 Å². The van der Waals surface area contributed by atoms with Gasteiger partial charge in [-0.15, -0.1) is 0 Å². The van der Waals surface area contributed by atoms with Crippen molar-refractivity contribution in [1.82, 2.24) is 4.98 Å². The minimum Gasteiger partial charge on any atom is -0.506 e. The van der Waals surface area contributed by atoms with Gasteiger partial charge in [0, 0.05) is 18.0 Å². The van der Waals surface area contributed by atoms with Crippen LogP contribution < -0.4 is 5.32 Å². The van der Waals surface area contributed by atoms with Crippen molar-refractivity contribution in [3.05, 3.63) is 114 Å². The lowest BCUT2D eigenvalue weighted by molar-refractivity contribution is 0.102. The minimum absolute atomic E-state index is 0.0447. The van der Waals surface area contributed by atoms with Crippen molar-refractivity contribution in [1.29, 1.82) is 0 Å². The smallest absolute Gasteiger partial charge is 0.255 e. The monoisotopic (exact) mass is 422 g/mol. The van der Waals surface area contributed by atoms with Gasteiger partial charge in [-0.05, 0) is 78.3 Å². The van der Waals surface area contributed by atoms with Crippen LogP contribution >= 0.6 is 0 Å². The number of hydrogen-bond acceptors (Lipinski definition) is 3. The molecule has 1 aromatic heterocycles. The number of rotatable bonds is 8. The molecule has 4 nitrogen and oxygen atoms in total. The van der Waals surface area contributed by atoms with Crippen LogP contribution in [0.1, 0.15) is 34.3 Å². The summed E-state index contributed by atoms with van der Waals surface area (Å²) in [4.78, 5) is 16.9. The average molecular weight is 423 g/mol. The number of carbonyl (C=O) groups excluding carboxylic acids is 1. The summed E-state index contributed by atoms with van der Waals surface area (Å²) in [6.45, 7) is 0. The van der Waals surface area contributed by atoms with Gasteiger partial charge in [-0.3, -0.25) is 9.78 Å².